The van der Waals surface area contributed by atoms with Crippen molar-refractivity contribution in [1.82, 2.24) is 0 Å². The second kappa shape index (κ2) is 5.01. The minimum Gasteiger partial charge on any atom is -0.252 e. The molecule has 0 N–H and O–H groups in total. The predicted molar refractivity (Wildman–Crippen MR) is 62.4 cm³/mol. The van der Waals surface area contributed by atoms with E-state index in [1.54, 1.807) is 37.4 Å². The number of aryl methyl sites for hydroxylation is 1. The van der Waals surface area contributed by atoms with Crippen LogP contribution >= 0.6 is 11.8 Å². The molecule has 0 aliphatic carbocycles. The van der Waals surface area contributed by atoms with Crippen LogP contribution in [0.1, 0.15) is 12.5 Å². The number of hydrogen-bond donors (Lipinski definition) is 0. The molecule has 0 heterocycles. The molecular weight excluding hydrogens is 232 g/mol. The summed E-state index contributed by atoms with van der Waals surface area (Å²) in [6.45, 7) is 3.61. The summed E-state index contributed by atoms with van der Waals surface area (Å²) in [6, 6.07) is 6.61. The Kier molecular flexibility index (Phi) is 4.19. The fourth-order valence-corrected chi connectivity index (χ4v) is 2.54. The smallest absolute Gasteiger partial charge is 0.252 e. The van der Waals surface area contributed by atoms with Crippen LogP contribution in [-0.4, -0.2) is 20.1 Å². The molecule has 3 nitrogen and oxygen atoms in total. The van der Waals surface area contributed by atoms with Gasteiger partial charge in [-0.1, -0.05) is 17.7 Å². The first kappa shape index (κ1) is 12.5. The van der Waals surface area contributed by atoms with Gasteiger partial charge in [-0.15, -0.1) is 11.8 Å². The molecule has 1 aromatic carbocycles. The second-order valence-corrected chi connectivity index (χ2v) is 5.87. The molecule has 1 aromatic rings. The second-order valence-electron chi connectivity index (χ2n) is 3.17. The highest BCUT2D eigenvalue weighted by Crippen LogP contribution is 2.18. The average molecular weight is 246 g/mol. The van der Waals surface area contributed by atoms with Crippen LogP contribution < -0.4 is 0 Å². The maximum absolute atomic E-state index is 11.7. The van der Waals surface area contributed by atoms with Crippen molar-refractivity contribution < 1.29 is 12.6 Å². The molecule has 1 atom stereocenters. The van der Waals surface area contributed by atoms with E-state index in [2.05, 4.69) is 0 Å². The fourth-order valence-electron chi connectivity index (χ4n) is 0.978. The van der Waals surface area contributed by atoms with Gasteiger partial charge in [0.25, 0.3) is 10.1 Å². The van der Waals surface area contributed by atoms with E-state index in [-0.39, 0.29) is 10.3 Å². The van der Waals surface area contributed by atoms with Crippen LogP contribution in [0.3, 0.4) is 0 Å². The van der Waals surface area contributed by atoms with Crippen molar-refractivity contribution in [1.29, 1.82) is 0 Å². The maximum Gasteiger partial charge on any atom is 0.298 e. The van der Waals surface area contributed by atoms with Gasteiger partial charge >= 0.3 is 0 Å². The van der Waals surface area contributed by atoms with Gasteiger partial charge < -0.3 is 0 Å². The van der Waals surface area contributed by atoms with Crippen molar-refractivity contribution in [3.8, 4) is 0 Å². The Labute approximate surface area is 95.0 Å². The van der Waals surface area contributed by atoms with Crippen molar-refractivity contribution >= 4 is 21.9 Å². The zero-order chi connectivity index (χ0) is 11.5. The van der Waals surface area contributed by atoms with E-state index < -0.39 is 10.1 Å². The van der Waals surface area contributed by atoms with E-state index in [0.29, 0.717) is 0 Å². The lowest BCUT2D eigenvalue weighted by molar-refractivity contribution is 0.310. The van der Waals surface area contributed by atoms with E-state index in [9.17, 15) is 8.42 Å². The Morgan fingerprint density at radius 3 is 2.27 bits per heavy atom. The Hall–Kier alpha value is -0.520. The Balaban J connectivity index is 2.91. The largest absolute Gasteiger partial charge is 0.298 e. The van der Waals surface area contributed by atoms with Crippen molar-refractivity contribution in [3.05, 3.63) is 29.8 Å². The molecule has 0 fully saturated rings. The van der Waals surface area contributed by atoms with Gasteiger partial charge in [-0.2, -0.15) is 8.42 Å². The highest BCUT2D eigenvalue weighted by atomic mass is 32.2. The summed E-state index contributed by atoms with van der Waals surface area (Å²) in [5.74, 6) is 0. The van der Waals surface area contributed by atoms with Gasteiger partial charge in [0.15, 0.2) is 0 Å². The average Bonchev–Trinajstić information content (AvgIpc) is 2.17. The summed E-state index contributed by atoms with van der Waals surface area (Å²) in [5, 5.41) is 0. The topological polar surface area (TPSA) is 43.4 Å². The van der Waals surface area contributed by atoms with Gasteiger partial charge in [0, 0.05) is 0 Å². The molecule has 0 aliphatic heterocycles. The molecule has 0 aliphatic rings. The van der Waals surface area contributed by atoms with Gasteiger partial charge in [-0.3, -0.25) is 4.18 Å². The zero-order valence-electron chi connectivity index (χ0n) is 8.93. The Morgan fingerprint density at radius 1 is 1.27 bits per heavy atom. The summed E-state index contributed by atoms with van der Waals surface area (Å²) >= 11 is 1.35. The lowest BCUT2D eigenvalue weighted by Gasteiger charge is -2.10. The monoisotopic (exact) mass is 246 g/mol. The summed E-state index contributed by atoms with van der Waals surface area (Å²) in [5.41, 5.74) is 0.656. The summed E-state index contributed by atoms with van der Waals surface area (Å²) < 4.78 is 28.3. The van der Waals surface area contributed by atoms with Crippen LogP contribution in [0, 0.1) is 6.92 Å². The Bertz CT molecular complexity index is 409. The van der Waals surface area contributed by atoms with Gasteiger partial charge in [-0.25, -0.2) is 0 Å². The van der Waals surface area contributed by atoms with Gasteiger partial charge in [0.2, 0.25) is 0 Å². The van der Waals surface area contributed by atoms with Gasteiger partial charge in [0.05, 0.1) is 4.90 Å². The molecule has 5 heteroatoms. The van der Waals surface area contributed by atoms with Crippen LogP contribution in [0.5, 0.6) is 0 Å². The third-order valence-corrected chi connectivity index (χ3v) is 4.18. The molecule has 0 aromatic heterocycles. The molecule has 1 unspecified atom stereocenters. The lowest BCUT2D eigenvalue weighted by atomic mass is 10.2. The minimum absolute atomic E-state index is 0.203. The van der Waals surface area contributed by atoms with Crippen molar-refractivity contribution in [2.24, 2.45) is 0 Å². The first-order chi connectivity index (χ1) is 6.95. The van der Waals surface area contributed by atoms with Crippen molar-refractivity contribution in [2.45, 2.75) is 24.2 Å². The highest BCUT2D eigenvalue weighted by Gasteiger charge is 2.17. The maximum atomic E-state index is 11.7. The van der Waals surface area contributed by atoms with Crippen LogP contribution in [0.25, 0.3) is 0 Å². The summed E-state index contributed by atoms with van der Waals surface area (Å²) in [4.78, 5) is 0.203. The first-order valence-electron chi connectivity index (χ1n) is 4.48. The first-order valence-corrected chi connectivity index (χ1v) is 7.18. The van der Waals surface area contributed by atoms with Crippen LogP contribution in [0.4, 0.5) is 0 Å². The zero-order valence-corrected chi connectivity index (χ0v) is 10.6. The number of rotatable bonds is 4. The van der Waals surface area contributed by atoms with E-state index in [1.807, 2.05) is 6.92 Å². The molecule has 0 spiro atoms. The van der Waals surface area contributed by atoms with E-state index in [1.165, 1.54) is 11.8 Å². The standard InChI is InChI=1S/C10H14O3S2/c1-8-4-6-10(7-5-8)15(11,12)13-9(2)14-3/h4-7,9H,1-3H3. The molecule has 0 saturated heterocycles. The number of hydrogen-bond acceptors (Lipinski definition) is 4. The summed E-state index contributed by atoms with van der Waals surface area (Å²) in [6.07, 6.45) is 1.80. The van der Waals surface area contributed by atoms with E-state index in [4.69, 9.17) is 4.18 Å². The number of thioether (sulfide) groups is 1. The molecule has 0 saturated carbocycles. The van der Waals surface area contributed by atoms with Crippen LogP contribution in [-0.2, 0) is 14.3 Å². The van der Waals surface area contributed by atoms with E-state index >= 15 is 0 Å². The minimum atomic E-state index is -3.61. The predicted octanol–water partition coefficient (Wildman–Crippen LogP) is 2.41. The van der Waals surface area contributed by atoms with E-state index in [0.717, 1.165) is 5.56 Å². The van der Waals surface area contributed by atoms with Crippen LogP contribution in [0.15, 0.2) is 29.2 Å². The third-order valence-electron chi connectivity index (χ3n) is 1.90. The highest BCUT2D eigenvalue weighted by molar-refractivity contribution is 7.99. The van der Waals surface area contributed by atoms with Crippen molar-refractivity contribution in [2.75, 3.05) is 6.26 Å². The lowest BCUT2D eigenvalue weighted by Crippen LogP contribution is -2.12. The molecular formula is C10H14O3S2. The van der Waals surface area contributed by atoms with Crippen molar-refractivity contribution in [3.63, 3.8) is 0 Å². The third kappa shape index (κ3) is 3.52. The normalized spacial score (nSPS) is 13.8. The SMILES string of the molecule is CSC(C)OS(=O)(=O)c1ccc(C)cc1. The Morgan fingerprint density at radius 2 is 1.80 bits per heavy atom. The molecule has 84 valence electrons. The van der Waals surface area contributed by atoms with Gasteiger partial charge in [0.1, 0.15) is 5.44 Å². The molecule has 15 heavy (non-hydrogen) atoms. The summed E-state index contributed by atoms with van der Waals surface area (Å²) in [7, 11) is -3.61. The quantitative estimate of drug-likeness (QED) is 0.604. The molecule has 0 amide bonds. The van der Waals surface area contributed by atoms with Crippen LogP contribution in [0.2, 0.25) is 0 Å². The molecule has 1 rings (SSSR count). The molecule has 0 radical (unpaired) electrons. The number of benzene rings is 1. The molecule has 0 bridgehead atoms. The fraction of sp³-hybridized carbons (Fsp3) is 0.400. The van der Waals surface area contributed by atoms with Gasteiger partial charge in [-0.05, 0) is 32.2 Å².